The van der Waals surface area contributed by atoms with Gasteiger partial charge in [-0.25, -0.2) is 0 Å². The molecule has 2 heterocycles. The topological polar surface area (TPSA) is 176 Å². The Morgan fingerprint density at radius 3 is 1.29 bits per heavy atom. The van der Waals surface area contributed by atoms with E-state index in [-0.39, 0.29) is 61.7 Å². The second-order valence-corrected chi connectivity index (χ2v) is 18.1. The number of hydrogen-bond donors (Lipinski definition) is 0. The standard InChI is InChI=1S/C63H27F6N9/c64-62(65,66)44-12-14-47(54(26-44)63(67,68)69)46-15-13-45(77-55-7-3-1-5-48(55)52-24-38(10-17-57(52)77)60-40(31-73)19-36(29-71)20-41(60)32-74)27-50(46)51-23-35(28-70)9-16-58(51)78-56-8-4-2-6-49(56)53-25-39(11-18-59(53)78)61-42(33-75)21-37(30-72)22-43(61)34-76/h1-27H. The van der Waals surface area contributed by atoms with Crippen LogP contribution in [-0.2, 0) is 12.4 Å². The van der Waals surface area contributed by atoms with E-state index in [4.69, 9.17) is 0 Å². The predicted octanol–water partition coefficient (Wildman–Crippen LogP) is 15.7. The molecule has 0 saturated carbocycles. The van der Waals surface area contributed by atoms with Gasteiger partial charge < -0.3 is 9.13 Å². The second kappa shape index (κ2) is 18.5. The summed E-state index contributed by atoms with van der Waals surface area (Å²) in [7, 11) is 0. The minimum atomic E-state index is -5.28. The van der Waals surface area contributed by atoms with Crippen LogP contribution in [0.4, 0.5) is 26.3 Å². The monoisotopic (exact) mass is 1020 g/mol. The summed E-state index contributed by atoms with van der Waals surface area (Å²) in [5.41, 5.74) is 1.98. The molecule has 0 atom stereocenters. The normalized spacial score (nSPS) is 11.4. The van der Waals surface area contributed by atoms with Crippen molar-refractivity contribution in [2.24, 2.45) is 0 Å². The highest BCUT2D eigenvalue weighted by atomic mass is 19.4. The quantitative estimate of drug-likeness (QED) is 0.149. The van der Waals surface area contributed by atoms with E-state index in [1.54, 1.807) is 78.9 Å². The molecule has 0 aliphatic rings. The molecule has 11 aromatic rings. The highest BCUT2D eigenvalue weighted by molar-refractivity contribution is 6.13. The molecule has 0 unspecified atom stereocenters. The molecule has 15 heteroatoms. The molecule has 0 aliphatic heterocycles. The molecule has 9 aromatic carbocycles. The Morgan fingerprint density at radius 1 is 0.333 bits per heavy atom. The maximum Gasteiger partial charge on any atom is 0.417 e. The third-order valence-corrected chi connectivity index (χ3v) is 13.8. The van der Waals surface area contributed by atoms with Crippen LogP contribution < -0.4 is 0 Å². The van der Waals surface area contributed by atoms with Gasteiger partial charge in [0, 0.05) is 43.9 Å². The van der Waals surface area contributed by atoms with Gasteiger partial charge in [0.15, 0.2) is 0 Å². The molecular formula is C63H27F6N9. The number of benzene rings is 9. The first-order chi connectivity index (χ1) is 37.6. The summed E-state index contributed by atoms with van der Waals surface area (Å²) in [5.74, 6) is 0. The van der Waals surface area contributed by atoms with E-state index in [9.17, 15) is 50.0 Å². The summed E-state index contributed by atoms with van der Waals surface area (Å²) < 4.78 is 92.3. The first-order valence-electron chi connectivity index (χ1n) is 23.4. The zero-order valence-corrected chi connectivity index (χ0v) is 39.9. The second-order valence-electron chi connectivity index (χ2n) is 18.1. The largest absolute Gasteiger partial charge is 0.417 e. The molecule has 0 N–H and O–H groups in total. The van der Waals surface area contributed by atoms with Crippen LogP contribution in [0.1, 0.15) is 50.1 Å². The number of nitrogens with zero attached hydrogens (tertiary/aromatic N) is 9. The van der Waals surface area contributed by atoms with Gasteiger partial charge >= 0.3 is 12.4 Å². The summed E-state index contributed by atoms with van der Waals surface area (Å²) in [5, 5.41) is 73.2. The van der Waals surface area contributed by atoms with Crippen molar-refractivity contribution < 1.29 is 26.3 Å². The molecular weight excluding hydrogens is 997 g/mol. The van der Waals surface area contributed by atoms with Crippen LogP contribution in [0.3, 0.4) is 0 Å². The fourth-order valence-corrected chi connectivity index (χ4v) is 10.5. The SMILES string of the molecule is N#Cc1cc(C#N)c(-c2ccc3c(c2)c2ccccc2n3-c2ccc(-c3ccc(C(F)(F)F)cc3C(F)(F)F)c(-c3cc(C#N)ccc3-n3c4ccccc4c4cc(-c5c(C#N)cc(C#N)cc5C#N)ccc43)c2)c(C#N)c1. The molecule has 0 fully saturated rings. The number of rotatable bonds is 6. The van der Waals surface area contributed by atoms with E-state index < -0.39 is 29.0 Å². The van der Waals surface area contributed by atoms with Crippen LogP contribution in [0.25, 0.3) is 99.5 Å². The van der Waals surface area contributed by atoms with Gasteiger partial charge in [-0.05, 0) is 131 Å². The van der Waals surface area contributed by atoms with Crippen LogP contribution in [-0.4, -0.2) is 9.13 Å². The van der Waals surface area contributed by atoms with Crippen molar-refractivity contribution in [1.82, 2.24) is 9.13 Å². The number of alkyl halides is 6. The Bertz CT molecular complexity index is 4690. The fraction of sp³-hybridized carbons (Fsp3) is 0.0317. The van der Waals surface area contributed by atoms with Crippen molar-refractivity contribution in [1.29, 1.82) is 36.8 Å². The summed E-state index contributed by atoms with van der Waals surface area (Å²) >= 11 is 0. The summed E-state index contributed by atoms with van der Waals surface area (Å²) in [6.07, 6.45) is -10.4. The third-order valence-electron chi connectivity index (χ3n) is 13.8. The van der Waals surface area contributed by atoms with Crippen molar-refractivity contribution in [2.45, 2.75) is 12.4 Å². The number of para-hydroxylation sites is 2. The molecule has 78 heavy (non-hydrogen) atoms. The molecule has 2 aromatic heterocycles. The van der Waals surface area contributed by atoms with Gasteiger partial charge in [0.25, 0.3) is 0 Å². The Labute approximate surface area is 438 Å². The highest BCUT2D eigenvalue weighted by Crippen LogP contribution is 2.48. The van der Waals surface area contributed by atoms with Gasteiger partial charge in [0.1, 0.15) is 0 Å². The molecule has 0 radical (unpaired) electrons. The third kappa shape index (κ3) is 7.92. The van der Waals surface area contributed by atoms with E-state index in [0.29, 0.717) is 83.3 Å². The molecule has 0 aliphatic carbocycles. The summed E-state index contributed by atoms with van der Waals surface area (Å²) in [4.78, 5) is 0. The number of aromatic nitrogens is 2. The number of halogens is 6. The van der Waals surface area contributed by atoms with Crippen molar-refractivity contribution in [3.63, 3.8) is 0 Å². The van der Waals surface area contributed by atoms with Gasteiger partial charge in [0.05, 0.1) is 120 Å². The average Bonchev–Trinajstić information content (AvgIpc) is 4.17. The zero-order chi connectivity index (χ0) is 54.8. The molecule has 0 bridgehead atoms. The van der Waals surface area contributed by atoms with E-state index >= 15 is 13.2 Å². The minimum absolute atomic E-state index is 0.0847. The van der Waals surface area contributed by atoms with E-state index in [0.717, 1.165) is 6.07 Å². The van der Waals surface area contributed by atoms with Crippen LogP contribution >= 0.6 is 0 Å². The molecule has 11 rings (SSSR count). The Morgan fingerprint density at radius 2 is 0.808 bits per heavy atom. The Kier molecular flexibility index (Phi) is 11.6. The predicted molar refractivity (Wildman–Crippen MR) is 280 cm³/mol. The van der Waals surface area contributed by atoms with Crippen molar-refractivity contribution in [3.05, 3.63) is 214 Å². The van der Waals surface area contributed by atoms with Crippen LogP contribution in [0.5, 0.6) is 0 Å². The highest BCUT2D eigenvalue weighted by Gasteiger charge is 2.39. The maximum absolute atomic E-state index is 15.3. The number of nitriles is 7. The first kappa shape index (κ1) is 48.8. The molecule has 0 saturated heterocycles. The van der Waals surface area contributed by atoms with Gasteiger partial charge in [-0.3, -0.25) is 0 Å². The molecule has 0 amide bonds. The van der Waals surface area contributed by atoms with Gasteiger partial charge in [-0.1, -0.05) is 60.7 Å². The van der Waals surface area contributed by atoms with Crippen molar-refractivity contribution in [2.75, 3.05) is 0 Å². The lowest BCUT2D eigenvalue weighted by Gasteiger charge is -2.22. The van der Waals surface area contributed by atoms with E-state index in [1.165, 1.54) is 36.4 Å². The lowest BCUT2D eigenvalue weighted by molar-refractivity contribution is -0.142. The minimum Gasteiger partial charge on any atom is -0.309 e. The first-order valence-corrected chi connectivity index (χ1v) is 23.4. The smallest absolute Gasteiger partial charge is 0.309 e. The summed E-state index contributed by atoms with van der Waals surface area (Å²) in [6, 6.07) is 55.9. The van der Waals surface area contributed by atoms with Gasteiger partial charge in [-0.15, -0.1) is 0 Å². The molecule has 366 valence electrons. The molecule has 0 spiro atoms. The van der Waals surface area contributed by atoms with Crippen LogP contribution in [0.15, 0.2) is 164 Å². The number of hydrogen-bond acceptors (Lipinski definition) is 7. The number of fused-ring (bicyclic) bond motifs is 6. The van der Waals surface area contributed by atoms with Crippen molar-refractivity contribution in [3.8, 4) is 98.4 Å². The van der Waals surface area contributed by atoms with Gasteiger partial charge in [-0.2, -0.15) is 63.2 Å². The van der Waals surface area contributed by atoms with Crippen LogP contribution in [0, 0.1) is 79.3 Å². The van der Waals surface area contributed by atoms with Crippen LogP contribution in [0.2, 0.25) is 0 Å². The van der Waals surface area contributed by atoms with E-state index in [2.05, 4.69) is 30.3 Å². The fourth-order valence-electron chi connectivity index (χ4n) is 10.5. The summed E-state index contributed by atoms with van der Waals surface area (Å²) in [6.45, 7) is 0. The zero-order valence-electron chi connectivity index (χ0n) is 39.9. The van der Waals surface area contributed by atoms with E-state index in [1.807, 2.05) is 51.6 Å². The van der Waals surface area contributed by atoms with Crippen molar-refractivity contribution >= 4 is 43.6 Å². The lowest BCUT2D eigenvalue weighted by Crippen LogP contribution is -2.12. The maximum atomic E-state index is 15.3. The average molecular weight is 1020 g/mol. The Balaban J connectivity index is 1.22. The lowest BCUT2D eigenvalue weighted by atomic mass is 9.88. The Hall–Kier alpha value is -11.4. The van der Waals surface area contributed by atoms with Gasteiger partial charge in [0.2, 0.25) is 0 Å². The molecule has 9 nitrogen and oxygen atoms in total.